The van der Waals surface area contributed by atoms with Crippen molar-refractivity contribution in [1.82, 2.24) is 10.6 Å². The van der Waals surface area contributed by atoms with Gasteiger partial charge in [-0.25, -0.2) is 4.99 Å². The third kappa shape index (κ3) is 5.09. The molecule has 28 heavy (non-hydrogen) atoms. The lowest BCUT2D eigenvalue weighted by Gasteiger charge is -2.15. The minimum Gasteiger partial charge on any atom is -0.508 e. The van der Waals surface area contributed by atoms with E-state index in [9.17, 15) is 5.11 Å². The van der Waals surface area contributed by atoms with E-state index in [0.717, 1.165) is 41.6 Å². The van der Waals surface area contributed by atoms with Gasteiger partial charge in [0, 0.05) is 30.6 Å². The third-order valence-corrected chi connectivity index (χ3v) is 4.53. The second-order valence-corrected chi connectivity index (χ2v) is 6.85. The van der Waals surface area contributed by atoms with E-state index in [1.165, 1.54) is 5.56 Å². The molecule has 0 saturated heterocycles. The van der Waals surface area contributed by atoms with E-state index in [4.69, 9.17) is 9.47 Å². The monoisotopic (exact) mass is 383 g/mol. The highest BCUT2D eigenvalue weighted by Gasteiger charge is 2.21. The molecule has 3 rings (SSSR count). The first-order valence-electron chi connectivity index (χ1n) is 9.84. The molecule has 0 radical (unpaired) electrons. The van der Waals surface area contributed by atoms with E-state index in [1.807, 2.05) is 26.0 Å². The first kappa shape index (κ1) is 19.9. The molecule has 1 aliphatic rings. The summed E-state index contributed by atoms with van der Waals surface area (Å²) in [5.74, 6) is 2.82. The molecular weight excluding hydrogens is 354 g/mol. The predicted octanol–water partition coefficient (Wildman–Crippen LogP) is 3.37. The van der Waals surface area contributed by atoms with Gasteiger partial charge in [0.2, 0.25) is 0 Å². The topological polar surface area (TPSA) is 75.1 Å². The Morgan fingerprint density at radius 1 is 1.21 bits per heavy atom. The lowest BCUT2D eigenvalue weighted by atomic mass is 10.1. The molecule has 150 valence electrons. The summed E-state index contributed by atoms with van der Waals surface area (Å²) < 4.78 is 11.8. The highest BCUT2D eigenvalue weighted by molar-refractivity contribution is 5.79. The summed E-state index contributed by atoms with van der Waals surface area (Å²) in [6, 6.07) is 11.2. The Kier molecular flexibility index (Phi) is 6.63. The molecule has 0 amide bonds. The van der Waals surface area contributed by atoms with E-state index in [-0.39, 0.29) is 11.9 Å². The summed E-state index contributed by atoms with van der Waals surface area (Å²) in [5.41, 5.74) is 3.28. The highest BCUT2D eigenvalue weighted by atomic mass is 16.5. The first-order valence-corrected chi connectivity index (χ1v) is 9.84. The van der Waals surface area contributed by atoms with Crippen molar-refractivity contribution in [2.24, 2.45) is 4.99 Å². The van der Waals surface area contributed by atoms with Crippen molar-refractivity contribution < 1.29 is 14.6 Å². The van der Waals surface area contributed by atoms with Crippen molar-refractivity contribution >= 4 is 5.96 Å². The molecule has 0 spiro atoms. The van der Waals surface area contributed by atoms with Gasteiger partial charge in [0.05, 0.1) is 13.2 Å². The first-order chi connectivity index (χ1) is 13.6. The van der Waals surface area contributed by atoms with Gasteiger partial charge in [-0.05, 0) is 50.6 Å². The molecule has 0 bridgehead atoms. The van der Waals surface area contributed by atoms with Crippen molar-refractivity contribution in [2.75, 3.05) is 13.2 Å². The van der Waals surface area contributed by atoms with E-state index in [1.54, 1.807) is 12.1 Å². The van der Waals surface area contributed by atoms with Crippen molar-refractivity contribution in [1.29, 1.82) is 0 Å². The maximum Gasteiger partial charge on any atom is 0.191 e. The van der Waals surface area contributed by atoms with Crippen LogP contribution in [0.15, 0.2) is 41.4 Å². The van der Waals surface area contributed by atoms with E-state index < -0.39 is 0 Å². The standard InChI is InChI=1S/C22H29N3O3/c1-4-23-22(24-13-16-6-8-19(26)9-7-16)25-14-18-12-21-17(10-15(3)28-21)11-20(18)27-5-2/h6-9,11-12,15,26H,4-5,10,13-14H2,1-3H3,(H2,23,24,25). The number of hydrogen-bond donors (Lipinski definition) is 3. The normalized spacial score (nSPS) is 15.7. The van der Waals surface area contributed by atoms with Gasteiger partial charge in [-0.1, -0.05) is 12.1 Å². The number of phenolic OH excluding ortho intramolecular Hbond substituents is 1. The number of guanidine groups is 1. The number of hydrogen-bond acceptors (Lipinski definition) is 4. The van der Waals surface area contributed by atoms with Crippen molar-refractivity contribution in [3.63, 3.8) is 0 Å². The summed E-state index contributed by atoms with van der Waals surface area (Å²) in [6.07, 6.45) is 1.12. The molecular formula is C22H29N3O3. The van der Waals surface area contributed by atoms with Gasteiger partial charge < -0.3 is 25.2 Å². The second kappa shape index (κ2) is 9.35. The maximum atomic E-state index is 9.40. The minimum atomic E-state index is 0.205. The van der Waals surface area contributed by atoms with Crippen LogP contribution >= 0.6 is 0 Å². The summed E-state index contributed by atoms with van der Waals surface area (Å²) in [4.78, 5) is 4.63. The van der Waals surface area contributed by atoms with Gasteiger partial charge in [0.15, 0.2) is 5.96 Å². The SMILES string of the molecule is CCNC(=NCc1ccc(O)cc1)NCc1cc2c(cc1OCC)CC(C)O2. The zero-order valence-corrected chi connectivity index (χ0v) is 16.8. The molecule has 6 nitrogen and oxygen atoms in total. The smallest absolute Gasteiger partial charge is 0.191 e. The van der Waals surface area contributed by atoms with E-state index >= 15 is 0 Å². The number of aromatic hydroxyl groups is 1. The third-order valence-electron chi connectivity index (χ3n) is 4.53. The number of benzene rings is 2. The number of phenols is 1. The number of rotatable bonds is 7. The molecule has 3 N–H and O–H groups in total. The molecule has 1 aliphatic heterocycles. The summed E-state index contributed by atoms with van der Waals surface area (Å²) >= 11 is 0. The zero-order valence-electron chi connectivity index (χ0n) is 16.8. The average molecular weight is 383 g/mol. The summed E-state index contributed by atoms with van der Waals surface area (Å²) in [7, 11) is 0. The number of nitrogens with one attached hydrogen (secondary N) is 2. The molecule has 1 heterocycles. The minimum absolute atomic E-state index is 0.205. The Bertz CT molecular complexity index is 819. The van der Waals surface area contributed by atoms with Gasteiger partial charge in [-0.15, -0.1) is 0 Å². The van der Waals surface area contributed by atoms with Crippen LogP contribution < -0.4 is 20.1 Å². The van der Waals surface area contributed by atoms with Gasteiger partial charge in [0.25, 0.3) is 0 Å². The molecule has 6 heteroatoms. The highest BCUT2D eigenvalue weighted by Crippen LogP contribution is 2.35. The van der Waals surface area contributed by atoms with Crippen LogP contribution in [0, 0.1) is 0 Å². The fourth-order valence-corrected chi connectivity index (χ4v) is 3.20. The molecule has 0 fully saturated rings. The quantitative estimate of drug-likeness (QED) is 0.505. The largest absolute Gasteiger partial charge is 0.508 e. The number of fused-ring (bicyclic) bond motifs is 1. The molecule has 0 aromatic heterocycles. The molecule has 0 aliphatic carbocycles. The van der Waals surface area contributed by atoms with Crippen molar-refractivity contribution in [3.8, 4) is 17.2 Å². The zero-order chi connectivity index (χ0) is 19.9. The van der Waals surface area contributed by atoms with E-state index in [2.05, 4.69) is 34.7 Å². The summed E-state index contributed by atoms with van der Waals surface area (Å²) in [5, 5.41) is 16.0. The molecule has 2 aromatic rings. The van der Waals surface area contributed by atoms with Gasteiger partial charge >= 0.3 is 0 Å². The Morgan fingerprint density at radius 3 is 2.71 bits per heavy atom. The molecule has 1 atom stereocenters. The fraction of sp³-hybridized carbons (Fsp3) is 0.409. The Hall–Kier alpha value is -2.89. The lowest BCUT2D eigenvalue weighted by molar-refractivity contribution is 0.254. The Labute approximate surface area is 166 Å². The van der Waals surface area contributed by atoms with Crippen LogP contribution in [-0.2, 0) is 19.5 Å². The van der Waals surface area contributed by atoms with Crippen LogP contribution in [0.5, 0.6) is 17.2 Å². The van der Waals surface area contributed by atoms with Crippen LogP contribution in [0.1, 0.15) is 37.5 Å². The van der Waals surface area contributed by atoms with Gasteiger partial charge in [-0.3, -0.25) is 0 Å². The fourth-order valence-electron chi connectivity index (χ4n) is 3.20. The average Bonchev–Trinajstić information content (AvgIpc) is 3.04. The van der Waals surface area contributed by atoms with Crippen LogP contribution in [-0.4, -0.2) is 30.3 Å². The predicted molar refractivity (Wildman–Crippen MR) is 111 cm³/mol. The Morgan fingerprint density at radius 2 is 2.00 bits per heavy atom. The number of aliphatic imine (C=N–C) groups is 1. The molecule has 1 unspecified atom stereocenters. The van der Waals surface area contributed by atoms with Crippen molar-refractivity contribution in [3.05, 3.63) is 53.1 Å². The van der Waals surface area contributed by atoms with E-state index in [0.29, 0.717) is 19.7 Å². The van der Waals surface area contributed by atoms with Crippen LogP contribution in [0.2, 0.25) is 0 Å². The Balaban J connectivity index is 1.71. The van der Waals surface area contributed by atoms with Crippen LogP contribution in [0.3, 0.4) is 0 Å². The lowest BCUT2D eigenvalue weighted by Crippen LogP contribution is -2.36. The number of nitrogens with zero attached hydrogens (tertiary/aromatic N) is 1. The molecule has 2 aromatic carbocycles. The number of ether oxygens (including phenoxy) is 2. The maximum absolute atomic E-state index is 9.40. The summed E-state index contributed by atoms with van der Waals surface area (Å²) in [6.45, 7) is 8.61. The van der Waals surface area contributed by atoms with Gasteiger partial charge in [0.1, 0.15) is 23.4 Å². The van der Waals surface area contributed by atoms with Crippen LogP contribution in [0.25, 0.3) is 0 Å². The van der Waals surface area contributed by atoms with Gasteiger partial charge in [-0.2, -0.15) is 0 Å². The second-order valence-electron chi connectivity index (χ2n) is 6.85. The van der Waals surface area contributed by atoms with Crippen molar-refractivity contribution in [2.45, 2.75) is 46.4 Å². The van der Waals surface area contributed by atoms with Crippen LogP contribution in [0.4, 0.5) is 0 Å². The molecule has 0 saturated carbocycles.